The van der Waals surface area contributed by atoms with E-state index >= 15 is 0 Å². The minimum atomic E-state index is -5.08. The lowest BCUT2D eigenvalue weighted by molar-refractivity contribution is -0.192. The molecule has 1 aromatic carbocycles. The van der Waals surface area contributed by atoms with E-state index in [2.05, 4.69) is 15.4 Å². The van der Waals surface area contributed by atoms with Crippen LogP contribution in [0.15, 0.2) is 42.7 Å². The Kier molecular flexibility index (Phi) is 9.05. The van der Waals surface area contributed by atoms with Gasteiger partial charge < -0.3 is 15.5 Å². The number of nitrogens with one attached hydrogen (secondary N) is 1. The molecule has 0 spiro atoms. The molecule has 192 valence electrons. The van der Waals surface area contributed by atoms with E-state index < -0.39 is 18.1 Å². The number of aryl methyl sites for hydroxylation is 2. The van der Waals surface area contributed by atoms with Crippen LogP contribution < -0.4 is 5.32 Å². The lowest BCUT2D eigenvalue weighted by atomic mass is 9.90. The van der Waals surface area contributed by atoms with E-state index in [1.807, 2.05) is 36.5 Å². The topological polar surface area (TPSA) is 117 Å². The summed E-state index contributed by atoms with van der Waals surface area (Å²) in [6.45, 7) is 2.24. The minimum Gasteiger partial charge on any atom is -0.477 e. The summed E-state index contributed by atoms with van der Waals surface area (Å²) >= 11 is 5.90. The average molecular weight is 525 g/mol. The molecule has 0 atom stereocenters. The van der Waals surface area contributed by atoms with Gasteiger partial charge in [-0.15, -0.1) is 0 Å². The summed E-state index contributed by atoms with van der Waals surface area (Å²) in [7, 11) is 0. The van der Waals surface area contributed by atoms with Gasteiger partial charge in [-0.2, -0.15) is 18.3 Å². The molecule has 2 heterocycles. The van der Waals surface area contributed by atoms with Crippen molar-refractivity contribution in [2.75, 3.05) is 13.1 Å². The number of hydrogen-bond donors (Lipinski definition) is 3. The van der Waals surface area contributed by atoms with Crippen LogP contribution in [0, 0.1) is 0 Å². The molecule has 0 saturated carbocycles. The number of aliphatic carboxylic acids is 1. The number of carbonyl (C=O) groups is 2. The first-order valence-corrected chi connectivity index (χ1v) is 11.5. The van der Waals surface area contributed by atoms with Crippen molar-refractivity contribution in [1.29, 1.82) is 0 Å². The number of halogens is 4. The Balaban J connectivity index is 0.000000454. The predicted molar refractivity (Wildman–Crippen MR) is 126 cm³/mol. The monoisotopic (exact) mass is 524 g/mol. The van der Waals surface area contributed by atoms with Crippen molar-refractivity contribution in [3.63, 3.8) is 0 Å². The molecule has 0 bridgehead atoms. The summed E-state index contributed by atoms with van der Waals surface area (Å²) < 4.78 is 33.4. The molecule has 0 amide bonds. The van der Waals surface area contributed by atoms with Crippen molar-refractivity contribution in [3.05, 3.63) is 70.1 Å². The smallest absolute Gasteiger partial charge is 0.477 e. The fourth-order valence-corrected chi connectivity index (χ4v) is 3.96. The largest absolute Gasteiger partial charge is 0.490 e. The molecule has 0 aliphatic heterocycles. The normalized spacial score (nSPS) is 12.2. The van der Waals surface area contributed by atoms with Gasteiger partial charge in [-0.05, 0) is 68.1 Å². The maximum absolute atomic E-state index is 11.9. The summed E-state index contributed by atoms with van der Waals surface area (Å²) in [5, 5.41) is 25.7. The number of hydrogen-bond acceptors (Lipinski definition) is 5. The van der Waals surface area contributed by atoms with Gasteiger partial charge >= 0.3 is 18.1 Å². The molecule has 12 heteroatoms. The van der Waals surface area contributed by atoms with Crippen LogP contribution in [0.4, 0.5) is 13.2 Å². The van der Waals surface area contributed by atoms with Crippen LogP contribution in [-0.2, 0) is 30.6 Å². The summed E-state index contributed by atoms with van der Waals surface area (Å²) in [6.07, 6.45) is 1.73. The van der Waals surface area contributed by atoms with Crippen molar-refractivity contribution in [2.45, 2.75) is 38.4 Å². The van der Waals surface area contributed by atoms with Crippen LogP contribution >= 0.6 is 11.6 Å². The summed E-state index contributed by atoms with van der Waals surface area (Å²) in [5.41, 5.74) is 5.33. The quantitative estimate of drug-likeness (QED) is 0.377. The summed E-state index contributed by atoms with van der Waals surface area (Å²) in [4.78, 5) is 25.0. The third-order valence-electron chi connectivity index (χ3n) is 5.53. The highest BCUT2D eigenvalue weighted by atomic mass is 35.5. The Morgan fingerprint density at radius 2 is 1.78 bits per heavy atom. The van der Waals surface area contributed by atoms with E-state index in [0.717, 1.165) is 59.8 Å². The van der Waals surface area contributed by atoms with Crippen molar-refractivity contribution in [2.24, 2.45) is 0 Å². The molecule has 3 aromatic rings. The highest BCUT2D eigenvalue weighted by Crippen LogP contribution is 2.34. The number of fused-ring (bicyclic) bond motifs is 3. The Labute approximate surface area is 209 Å². The number of benzene rings is 1. The van der Waals surface area contributed by atoms with Crippen molar-refractivity contribution in [1.82, 2.24) is 20.1 Å². The first-order chi connectivity index (χ1) is 17.1. The van der Waals surface area contributed by atoms with Crippen LogP contribution in [0.5, 0.6) is 0 Å². The van der Waals surface area contributed by atoms with Crippen LogP contribution in [0.2, 0.25) is 5.02 Å². The Morgan fingerprint density at radius 1 is 1.08 bits per heavy atom. The number of carboxylic acid groups (broad SMARTS) is 2. The van der Waals surface area contributed by atoms with Crippen molar-refractivity contribution >= 4 is 23.5 Å². The van der Waals surface area contributed by atoms with E-state index in [9.17, 15) is 23.1 Å². The molecule has 0 radical (unpaired) electrons. The van der Waals surface area contributed by atoms with Gasteiger partial charge in [0, 0.05) is 35.1 Å². The van der Waals surface area contributed by atoms with Gasteiger partial charge in [0.15, 0.2) is 0 Å². The number of aromatic carboxylic acids is 1. The third-order valence-corrected chi connectivity index (χ3v) is 5.78. The van der Waals surface area contributed by atoms with Gasteiger partial charge in [-0.25, -0.2) is 9.59 Å². The second-order valence-corrected chi connectivity index (χ2v) is 8.46. The van der Waals surface area contributed by atoms with Gasteiger partial charge in [0.25, 0.3) is 0 Å². The van der Waals surface area contributed by atoms with Crippen LogP contribution in [-0.4, -0.2) is 56.2 Å². The number of rotatable bonds is 8. The molecular formula is C24H24ClF3N4O4. The first kappa shape index (κ1) is 27.2. The standard InChI is InChI=1S/C22H23ClN4O2.C2HF3O2/c23-17-5-2-15(3-6-17)8-11-24-10-1-13-27-21(22(28)29)19-7-4-16-14-25-12-9-18(16)20(19)26-27;3-2(4,5)1(6)7/h2-3,5-6,9,12,14,24H,1,4,7-8,10-11,13H2,(H,28,29);(H,6,7). The van der Waals surface area contributed by atoms with Crippen molar-refractivity contribution in [3.8, 4) is 11.3 Å². The Hall–Kier alpha value is -3.44. The van der Waals surface area contributed by atoms with Gasteiger partial charge in [-0.3, -0.25) is 9.67 Å². The first-order valence-electron chi connectivity index (χ1n) is 11.1. The molecule has 0 fully saturated rings. The van der Waals surface area contributed by atoms with E-state index in [1.165, 1.54) is 5.56 Å². The number of aromatic nitrogens is 3. The molecule has 0 saturated heterocycles. The zero-order valence-electron chi connectivity index (χ0n) is 19.1. The lowest BCUT2D eigenvalue weighted by Crippen LogP contribution is -2.21. The number of nitrogens with zero attached hydrogens (tertiary/aromatic N) is 3. The van der Waals surface area contributed by atoms with Gasteiger partial charge in [-0.1, -0.05) is 23.7 Å². The SMILES string of the molecule is O=C(O)C(F)(F)F.O=C(O)c1c2c(nn1CCCNCCc1ccc(Cl)cc1)-c1ccncc1CC2. The molecule has 4 rings (SSSR count). The fraction of sp³-hybridized carbons (Fsp3) is 0.333. The number of alkyl halides is 3. The molecular weight excluding hydrogens is 501 g/mol. The van der Waals surface area contributed by atoms with Gasteiger partial charge in [0.1, 0.15) is 5.69 Å². The Bertz CT molecular complexity index is 1210. The van der Waals surface area contributed by atoms with E-state index in [0.29, 0.717) is 18.7 Å². The Morgan fingerprint density at radius 3 is 2.42 bits per heavy atom. The van der Waals surface area contributed by atoms with E-state index in [-0.39, 0.29) is 0 Å². The van der Waals surface area contributed by atoms with Gasteiger partial charge in [0.05, 0.1) is 5.69 Å². The van der Waals surface area contributed by atoms with Crippen LogP contribution in [0.3, 0.4) is 0 Å². The van der Waals surface area contributed by atoms with Crippen molar-refractivity contribution < 1.29 is 33.0 Å². The summed E-state index contributed by atoms with van der Waals surface area (Å²) in [5.74, 6) is -3.67. The minimum absolute atomic E-state index is 0.323. The molecule has 8 nitrogen and oxygen atoms in total. The third kappa shape index (κ3) is 7.05. The van der Waals surface area contributed by atoms with Crippen LogP contribution in [0.1, 0.15) is 33.6 Å². The molecule has 2 aromatic heterocycles. The number of carboxylic acids is 2. The molecule has 1 aliphatic rings. The zero-order valence-corrected chi connectivity index (χ0v) is 19.8. The summed E-state index contributed by atoms with van der Waals surface area (Å²) in [6, 6.07) is 9.79. The molecule has 0 unspecified atom stereocenters. The molecule has 1 aliphatic carbocycles. The lowest BCUT2D eigenvalue weighted by Gasteiger charge is -2.14. The van der Waals surface area contributed by atoms with E-state index in [4.69, 9.17) is 21.5 Å². The fourth-order valence-electron chi connectivity index (χ4n) is 3.83. The zero-order chi connectivity index (χ0) is 26.3. The average Bonchev–Trinajstić information content (AvgIpc) is 3.21. The van der Waals surface area contributed by atoms with Gasteiger partial charge in [0.2, 0.25) is 0 Å². The number of pyridine rings is 1. The predicted octanol–water partition coefficient (Wildman–Crippen LogP) is 4.25. The maximum Gasteiger partial charge on any atom is 0.490 e. The highest BCUT2D eigenvalue weighted by Gasteiger charge is 2.38. The van der Waals surface area contributed by atoms with Crippen LogP contribution in [0.25, 0.3) is 11.3 Å². The molecule has 3 N–H and O–H groups in total. The maximum atomic E-state index is 11.9. The second-order valence-electron chi connectivity index (χ2n) is 8.02. The molecule has 36 heavy (non-hydrogen) atoms. The highest BCUT2D eigenvalue weighted by molar-refractivity contribution is 6.30. The second kappa shape index (κ2) is 12.0. The van der Waals surface area contributed by atoms with E-state index in [1.54, 1.807) is 10.9 Å².